The van der Waals surface area contributed by atoms with Crippen LogP contribution < -0.4 is 0 Å². The minimum atomic E-state index is 0.0720. The Morgan fingerprint density at radius 3 is 0.808 bits per heavy atom. The number of rotatable bonds is 18. The molecule has 0 saturated carbocycles. The predicted octanol–water partition coefficient (Wildman–Crippen LogP) is 20.7. The summed E-state index contributed by atoms with van der Waals surface area (Å²) in [6, 6.07) is 89.0. The van der Waals surface area contributed by atoms with E-state index in [1.807, 2.05) is 140 Å². The van der Waals surface area contributed by atoms with E-state index in [9.17, 15) is 86.8 Å². The van der Waals surface area contributed by atoms with E-state index in [1.54, 1.807) is 170 Å². The van der Waals surface area contributed by atoms with Gasteiger partial charge >= 0.3 is 0 Å². The first-order valence-electron chi connectivity index (χ1n) is 38.8. The summed E-state index contributed by atoms with van der Waals surface area (Å²) in [6.07, 6.45) is 4.22. The van der Waals surface area contributed by atoms with Crippen LogP contribution in [0.4, 0.5) is 0 Å². The Kier molecular flexibility index (Phi) is 24.3. The van der Waals surface area contributed by atoms with Crippen LogP contribution in [0, 0.1) is 0 Å². The SMILES string of the molecule is Oc1ccc(Cc2cc(Cc3ccc(O)cc3)c3ccc(O)c(Cc4ccc(O)cc4)c3c2O)cc1.Oc1ccc(Cc2cc3c(Cc4ccc(O)cc4)cc(Cc4ccc(O)cc4)c(O)c3c(Cc3ccc(O)cc3)c2O)cc1.Oc1ccc(Cc2ccc(O)c3c(O)cccc23)cc1.Oc1ccc(Cc2ccc3cccc(O)c3c2O)cc1. The van der Waals surface area contributed by atoms with Gasteiger partial charge in [-0.15, -0.1) is 0 Å². The molecule has 600 valence electrons. The lowest BCUT2D eigenvalue weighted by atomic mass is 9.86. The van der Waals surface area contributed by atoms with E-state index >= 15 is 0 Å². The molecular formula is C103H86O17. The number of hydrogen-bond acceptors (Lipinski definition) is 17. The molecule has 0 saturated heterocycles. The maximum absolute atomic E-state index is 11.9. The second kappa shape index (κ2) is 36.0. The molecule has 0 aliphatic heterocycles. The van der Waals surface area contributed by atoms with Gasteiger partial charge in [-0.2, -0.15) is 0 Å². The van der Waals surface area contributed by atoms with E-state index in [1.165, 1.54) is 0 Å². The molecule has 17 rings (SSSR count). The van der Waals surface area contributed by atoms with Crippen LogP contribution in [0.5, 0.6) is 97.7 Å². The molecule has 0 unspecified atom stereocenters. The fraction of sp³-hybridized carbons (Fsp3) is 0.0874. The molecule has 120 heavy (non-hydrogen) atoms. The van der Waals surface area contributed by atoms with E-state index in [4.69, 9.17) is 0 Å². The third-order valence-electron chi connectivity index (χ3n) is 21.4. The van der Waals surface area contributed by atoms with E-state index in [0.717, 1.165) is 93.9 Å². The molecule has 0 aliphatic rings. The predicted molar refractivity (Wildman–Crippen MR) is 467 cm³/mol. The van der Waals surface area contributed by atoms with Crippen LogP contribution in [0.15, 0.2) is 309 Å². The van der Waals surface area contributed by atoms with Crippen LogP contribution in [0.3, 0.4) is 0 Å². The van der Waals surface area contributed by atoms with E-state index in [0.29, 0.717) is 107 Å². The van der Waals surface area contributed by atoms with Crippen molar-refractivity contribution in [2.24, 2.45) is 0 Å². The third kappa shape index (κ3) is 19.3. The lowest BCUT2D eigenvalue weighted by Crippen LogP contribution is -2.02. The van der Waals surface area contributed by atoms with Gasteiger partial charge in [-0.25, -0.2) is 0 Å². The quantitative estimate of drug-likeness (QED) is 0.0379. The molecule has 0 fully saturated rings. The molecular weight excluding hydrogens is 1510 g/mol. The summed E-state index contributed by atoms with van der Waals surface area (Å²) in [6.45, 7) is 0. The number of fused-ring (bicyclic) bond motifs is 4. The van der Waals surface area contributed by atoms with Crippen molar-refractivity contribution in [2.45, 2.75) is 57.8 Å². The van der Waals surface area contributed by atoms with Gasteiger partial charge in [0.1, 0.15) is 97.7 Å². The maximum atomic E-state index is 11.9. The fourth-order valence-corrected chi connectivity index (χ4v) is 15.2. The summed E-state index contributed by atoms with van der Waals surface area (Å²) in [4.78, 5) is 0. The molecule has 0 heterocycles. The second-order valence-electron chi connectivity index (χ2n) is 29.8. The highest BCUT2D eigenvalue weighted by Crippen LogP contribution is 2.46. The summed E-state index contributed by atoms with van der Waals surface area (Å²) < 4.78 is 0. The minimum absolute atomic E-state index is 0.0720. The first kappa shape index (κ1) is 81.0. The van der Waals surface area contributed by atoms with Gasteiger partial charge < -0.3 is 86.8 Å². The molecule has 0 radical (unpaired) electrons. The number of hydrogen-bond donors (Lipinski definition) is 17. The van der Waals surface area contributed by atoms with E-state index in [-0.39, 0.29) is 97.7 Å². The van der Waals surface area contributed by atoms with E-state index in [2.05, 4.69) is 0 Å². The molecule has 17 heteroatoms. The highest BCUT2D eigenvalue weighted by atomic mass is 16.3. The molecule has 0 bridgehead atoms. The average Bonchev–Trinajstić information content (AvgIpc) is 0.744. The topological polar surface area (TPSA) is 344 Å². The van der Waals surface area contributed by atoms with Crippen LogP contribution in [0.2, 0.25) is 0 Å². The zero-order valence-corrected chi connectivity index (χ0v) is 64.9. The molecule has 0 amide bonds. The van der Waals surface area contributed by atoms with Gasteiger partial charge in [0.15, 0.2) is 0 Å². The first-order chi connectivity index (χ1) is 57.9. The van der Waals surface area contributed by atoms with Crippen LogP contribution in [-0.2, 0) is 57.8 Å². The largest absolute Gasteiger partial charge is 0.508 e. The molecule has 0 atom stereocenters. The van der Waals surface area contributed by atoms with Crippen molar-refractivity contribution in [2.75, 3.05) is 0 Å². The highest BCUT2D eigenvalue weighted by Gasteiger charge is 2.24. The summed E-state index contributed by atoms with van der Waals surface area (Å²) in [7, 11) is 0. The molecule has 17 N–H and O–H groups in total. The molecule has 17 aromatic rings. The Balaban J connectivity index is 0.000000138. The smallest absolute Gasteiger partial charge is 0.130 e. The van der Waals surface area contributed by atoms with Crippen LogP contribution in [0.1, 0.15) is 100 Å². The Labute approximate surface area is 691 Å². The molecule has 0 aliphatic carbocycles. The second-order valence-corrected chi connectivity index (χ2v) is 29.8. The third-order valence-corrected chi connectivity index (χ3v) is 21.4. The standard InChI is InChI=1S/C38H32O6.C31H26O5.2C17H14O3/c39-30-9-1-23(2-10-30)17-27-21-28(18-24-3-11-31(40)12-4-24)38(44)36-34(27)22-29(19-25-5-13-32(41)14-6-25)37(43)35(36)20-26-7-15-33(42)16-8-26;32-24-7-1-19(2-8-24)15-22-18-23(16-20-3-9-25(33)10-4-20)31(36)30-27(22)13-14-29(35)28(30)17-21-5-11-26(34)12-6-21;18-14-8-4-11(5-9-14)10-13-7-6-12-2-1-3-15(19)16(12)17(13)20;18-13-7-4-11(5-8-13)10-12-6-9-16(20)17-14(12)2-1-3-15(17)19/h1-16,21-22,39-44H,17-20H2;1-14,18,32-36H,15-17H2;2*1-9,18-20H,10H2. The zero-order valence-electron chi connectivity index (χ0n) is 64.9. The van der Waals surface area contributed by atoms with Gasteiger partial charge in [-0.3, -0.25) is 0 Å². The fourth-order valence-electron chi connectivity index (χ4n) is 15.2. The molecule has 17 nitrogen and oxygen atoms in total. The Bertz CT molecular complexity index is 6430. The van der Waals surface area contributed by atoms with Gasteiger partial charge in [0.05, 0.1) is 10.8 Å². The highest BCUT2D eigenvalue weighted by molar-refractivity contribution is 6.00. The lowest BCUT2D eigenvalue weighted by molar-refractivity contribution is 0.460. The number of phenolic OH excluding ortho intramolecular Hbond substituents is 17. The molecule has 0 aromatic heterocycles. The Morgan fingerprint density at radius 2 is 0.417 bits per heavy atom. The van der Waals surface area contributed by atoms with Crippen molar-refractivity contribution in [1.82, 2.24) is 0 Å². The normalized spacial score (nSPS) is 11.0. The Morgan fingerprint density at radius 1 is 0.150 bits per heavy atom. The lowest BCUT2D eigenvalue weighted by Gasteiger charge is -2.20. The van der Waals surface area contributed by atoms with Crippen molar-refractivity contribution in [1.29, 1.82) is 0 Å². The first-order valence-corrected chi connectivity index (χ1v) is 38.8. The average molecular weight is 1600 g/mol. The number of aromatic hydroxyl groups is 17. The number of phenols is 17. The van der Waals surface area contributed by atoms with Gasteiger partial charge in [-0.1, -0.05) is 170 Å². The van der Waals surface area contributed by atoms with Crippen molar-refractivity contribution < 1.29 is 86.8 Å². The zero-order chi connectivity index (χ0) is 84.3. The van der Waals surface area contributed by atoms with Crippen molar-refractivity contribution >= 4 is 43.1 Å². The number of benzene rings is 17. The minimum Gasteiger partial charge on any atom is -0.508 e. The van der Waals surface area contributed by atoms with E-state index < -0.39 is 0 Å². The summed E-state index contributed by atoms with van der Waals surface area (Å²) in [5, 5.41) is 178. The van der Waals surface area contributed by atoms with Gasteiger partial charge in [0.25, 0.3) is 0 Å². The monoisotopic (exact) mass is 1590 g/mol. The molecule has 0 spiro atoms. The van der Waals surface area contributed by atoms with Gasteiger partial charge in [0, 0.05) is 60.4 Å². The van der Waals surface area contributed by atoms with Gasteiger partial charge in [0.2, 0.25) is 0 Å². The van der Waals surface area contributed by atoms with Crippen LogP contribution in [-0.4, -0.2) is 86.8 Å². The summed E-state index contributed by atoms with van der Waals surface area (Å²) in [5.74, 6) is 2.30. The van der Waals surface area contributed by atoms with Crippen LogP contribution in [0.25, 0.3) is 43.1 Å². The van der Waals surface area contributed by atoms with Crippen molar-refractivity contribution in [3.8, 4) is 97.7 Å². The van der Waals surface area contributed by atoms with Crippen molar-refractivity contribution in [3.05, 3.63) is 410 Å². The van der Waals surface area contributed by atoms with Crippen molar-refractivity contribution in [3.63, 3.8) is 0 Å². The molecule has 17 aromatic carbocycles. The maximum Gasteiger partial charge on any atom is 0.130 e. The Hall–Kier alpha value is -15.6. The summed E-state index contributed by atoms with van der Waals surface area (Å²) in [5.41, 5.74) is 15.4. The van der Waals surface area contributed by atoms with Gasteiger partial charge in [-0.05, 0) is 269 Å². The summed E-state index contributed by atoms with van der Waals surface area (Å²) >= 11 is 0. The van der Waals surface area contributed by atoms with Crippen LogP contribution >= 0.6 is 0 Å².